The van der Waals surface area contributed by atoms with Gasteiger partial charge in [0.15, 0.2) is 34.7 Å². The van der Waals surface area contributed by atoms with Crippen LogP contribution in [0.5, 0.6) is 5.75 Å². The number of ketones is 4. The number of nitrogens with two attached hydrogens (primary N) is 1. The lowest BCUT2D eigenvalue weighted by Gasteiger charge is -2.52. The van der Waals surface area contributed by atoms with Crippen LogP contribution >= 0.6 is 0 Å². The Morgan fingerprint density at radius 1 is 1.12 bits per heavy atom. The summed E-state index contributed by atoms with van der Waals surface area (Å²) in [5.41, 5.74) is 2.48. The highest BCUT2D eigenvalue weighted by Crippen LogP contribution is 2.51. The topological polar surface area (TPSA) is 158 Å². The number of hydrogen-bond donors (Lipinski definition) is 3. The first-order valence-electron chi connectivity index (χ1n) is 14.5. The number of amides is 1. The van der Waals surface area contributed by atoms with Crippen LogP contribution in [0.4, 0.5) is 4.39 Å². The lowest BCUT2D eigenvalue weighted by atomic mass is 9.52. The van der Waals surface area contributed by atoms with Gasteiger partial charge >= 0.3 is 0 Å². The number of phenolic OH excluding ortho intramolecular Hbond substituents is 1. The maximum atomic E-state index is 16.1. The van der Waals surface area contributed by atoms with E-state index in [0.717, 1.165) is 25.7 Å². The normalized spacial score (nSPS) is 32.2. The first-order valence-corrected chi connectivity index (χ1v) is 14.5. The van der Waals surface area contributed by atoms with Gasteiger partial charge in [0.2, 0.25) is 5.91 Å². The van der Waals surface area contributed by atoms with Crippen LogP contribution in [0.3, 0.4) is 0 Å². The van der Waals surface area contributed by atoms with Crippen molar-refractivity contribution in [3.8, 4) is 5.75 Å². The van der Waals surface area contributed by atoms with Gasteiger partial charge in [-0.1, -0.05) is 26.2 Å². The minimum Gasteiger partial charge on any atom is -0.507 e. The second kappa shape index (κ2) is 10.7. The minimum absolute atomic E-state index is 0.00839. The van der Waals surface area contributed by atoms with Gasteiger partial charge < -0.3 is 15.9 Å². The van der Waals surface area contributed by atoms with Crippen molar-refractivity contribution in [3.63, 3.8) is 0 Å². The minimum atomic E-state index is -2.80. The average Bonchev–Trinajstić information content (AvgIpc) is 2.91. The Morgan fingerprint density at radius 3 is 2.37 bits per heavy atom. The predicted molar refractivity (Wildman–Crippen MR) is 144 cm³/mol. The van der Waals surface area contributed by atoms with Crippen LogP contribution in [-0.4, -0.2) is 87.4 Å². The summed E-state index contributed by atoms with van der Waals surface area (Å²) in [6.07, 6.45) is 5.22. The maximum absolute atomic E-state index is 16.1. The largest absolute Gasteiger partial charge is 0.507 e. The van der Waals surface area contributed by atoms with Gasteiger partial charge in [0.25, 0.3) is 0 Å². The van der Waals surface area contributed by atoms with E-state index in [1.54, 1.807) is 0 Å². The molecule has 0 saturated heterocycles. The van der Waals surface area contributed by atoms with Gasteiger partial charge in [0.05, 0.1) is 17.5 Å². The molecule has 0 aromatic heterocycles. The Hall–Kier alpha value is -3.02. The van der Waals surface area contributed by atoms with Gasteiger partial charge in [0, 0.05) is 29.6 Å². The van der Waals surface area contributed by atoms with Crippen LogP contribution in [-0.2, 0) is 32.1 Å². The number of fused-ring (bicyclic) bond motifs is 3. The summed E-state index contributed by atoms with van der Waals surface area (Å²) in [5, 5.41) is 22.6. The van der Waals surface area contributed by atoms with E-state index in [4.69, 9.17) is 5.73 Å². The number of halogens is 1. The van der Waals surface area contributed by atoms with Crippen LogP contribution in [0, 0.1) is 29.5 Å². The van der Waals surface area contributed by atoms with Crippen LogP contribution in [0.25, 0.3) is 0 Å². The van der Waals surface area contributed by atoms with Gasteiger partial charge in [-0.2, -0.15) is 0 Å². The number of benzene rings is 1. The molecule has 222 valence electrons. The quantitative estimate of drug-likeness (QED) is 0.426. The summed E-state index contributed by atoms with van der Waals surface area (Å²) >= 11 is 0. The fourth-order valence-electron chi connectivity index (χ4n) is 7.99. The molecule has 4 aliphatic carbocycles. The number of carbonyl (C=O) groups is 5. The summed E-state index contributed by atoms with van der Waals surface area (Å²) in [4.78, 5) is 69.8. The molecule has 3 fully saturated rings. The van der Waals surface area contributed by atoms with Crippen molar-refractivity contribution < 1.29 is 38.6 Å². The molecule has 0 spiro atoms. The van der Waals surface area contributed by atoms with Crippen molar-refractivity contribution in [2.45, 2.75) is 76.1 Å². The molecule has 1 aromatic rings. The van der Waals surface area contributed by atoms with E-state index in [1.165, 1.54) is 31.5 Å². The van der Waals surface area contributed by atoms with Gasteiger partial charge in [-0.3, -0.25) is 33.8 Å². The molecule has 41 heavy (non-hydrogen) atoms. The Balaban J connectivity index is 1.54. The van der Waals surface area contributed by atoms with E-state index in [1.807, 2.05) is 6.92 Å². The van der Waals surface area contributed by atoms with Crippen LogP contribution < -0.4 is 5.73 Å². The zero-order chi connectivity index (χ0) is 30.0. The third kappa shape index (κ3) is 4.44. The molecule has 0 bridgehead atoms. The second-order valence-electron chi connectivity index (χ2n) is 12.4. The van der Waals surface area contributed by atoms with E-state index >= 15 is 4.39 Å². The number of carbonyl (C=O) groups excluding carboxylic acids is 5. The van der Waals surface area contributed by atoms with Gasteiger partial charge in [0.1, 0.15) is 11.6 Å². The van der Waals surface area contributed by atoms with Crippen molar-refractivity contribution in [1.82, 2.24) is 9.80 Å². The zero-order valence-corrected chi connectivity index (χ0v) is 23.7. The molecule has 1 aromatic carbocycles. The van der Waals surface area contributed by atoms with E-state index in [9.17, 15) is 34.2 Å². The number of likely N-dealkylation sites (N-methyl/N-ethyl adjacent to an activating group) is 1. The molecule has 0 radical (unpaired) electrons. The standard InChI is InChI=1S/C30H38FN3O7/c1-4-34(16-8-6-5-7-9-16)13-15-12-19(35)21-17(23(15)31)10-14-11-18-24(33(2)3)26(37)22(29(32)40)28(39)30(18,41)27(38)20(14)25(21)36/h12,14,16,18,20,22,24,35,41H,4-11,13H2,1-3H3,(H2,32,40)/t14-,18-,20?,22?,24-,30-/m0/s1. The molecule has 1 amide bonds. The highest BCUT2D eigenvalue weighted by molar-refractivity contribution is 6.32. The fourth-order valence-corrected chi connectivity index (χ4v) is 7.99. The maximum Gasteiger partial charge on any atom is 0.235 e. The second-order valence-corrected chi connectivity index (χ2v) is 12.4. The Morgan fingerprint density at radius 2 is 1.78 bits per heavy atom. The SMILES string of the molecule is CCN(Cc1cc(O)c2c(c1F)C[C@H]1C[C@H]3[C@H](N(C)C)C(=O)C(C(N)=O)C(=O)[C@@]3(O)C(=O)C1C2=O)C1CCCCC1. The Labute approximate surface area is 238 Å². The van der Waals surface area contributed by atoms with E-state index in [-0.39, 0.29) is 36.1 Å². The number of rotatable bonds is 6. The van der Waals surface area contributed by atoms with Crippen molar-refractivity contribution in [1.29, 1.82) is 0 Å². The lowest BCUT2D eigenvalue weighted by Crippen LogP contribution is -2.74. The Bertz CT molecular complexity index is 1320. The number of aliphatic hydroxyl groups is 1. The molecular formula is C30H38FN3O7. The van der Waals surface area contributed by atoms with Crippen molar-refractivity contribution in [3.05, 3.63) is 28.6 Å². The summed E-state index contributed by atoms with van der Waals surface area (Å²) in [5.74, 6) is -12.1. The monoisotopic (exact) mass is 571 g/mol. The molecule has 10 nitrogen and oxygen atoms in total. The van der Waals surface area contributed by atoms with Gasteiger partial charge in [-0.05, 0) is 58.3 Å². The molecule has 6 atom stereocenters. The molecule has 11 heteroatoms. The number of aromatic hydroxyl groups is 1. The van der Waals surface area contributed by atoms with Crippen LogP contribution in [0.2, 0.25) is 0 Å². The molecule has 0 heterocycles. The molecule has 5 rings (SSSR count). The molecule has 3 saturated carbocycles. The number of Topliss-reactive ketones (excluding diaryl/α,β-unsaturated/α-hetero) is 4. The van der Waals surface area contributed by atoms with Crippen molar-refractivity contribution in [2.75, 3.05) is 20.6 Å². The van der Waals surface area contributed by atoms with Gasteiger partial charge in [-0.15, -0.1) is 0 Å². The number of primary amides is 1. The van der Waals surface area contributed by atoms with Crippen molar-refractivity contribution in [2.24, 2.45) is 29.4 Å². The lowest BCUT2D eigenvalue weighted by molar-refractivity contribution is -0.181. The van der Waals surface area contributed by atoms with Gasteiger partial charge in [-0.25, -0.2) is 4.39 Å². The summed E-state index contributed by atoms with van der Waals surface area (Å²) in [7, 11) is 3.04. The number of hydrogen-bond acceptors (Lipinski definition) is 9. The predicted octanol–water partition coefficient (Wildman–Crippen LogP) is 1.16. The zero-order valence-electron chi connectivity index (χ0n) is 23.7. The average molecular weight is 572 g/mol. The highest BCUT2D eigenvalue weighted by atomic mass is 19.1. The molecule has 2 unspecified atom stereocenters. The summed E-state index contributed by atoms with van der Waals surface area (Å²) in [6.45, 7) is 2.96. The van der Waals surface area contributed by atoms with Crippen molar-refractivity contribution >= 4 is 29.0 Å². The van der Waals surface area contributed by atoms with Crippen LogP contribution in [0.15, 0.2) is 6.07 Å². The smallest absolute Gasteiger partial charge is 0.235 e. The number of phenols is 1. The molecular weight excluding hydrogens is 533 g/mol. The van der Waals surface area contributed by atoms with E-state index in [0.29, 0.717) is 12.6 Å². The first-order chi connectivity index (χ1) is 19.3. The number of nitrogens with zero attached hydrogens (tertiary/aromatic N) is 2. The molecule has 0 aliphatic heterocycles. The first kappa shape index (κ1) is 29.5. The van der Waals surface area contributed by atoms with Crippen LogP contribution in [0.1, 0.15) is 66.9 Å². The molecule has 4 aliphatic rings. The summed E-state index contributed by atoms with van der Waals surface area (Å²) in [6, 6.07) is 0.340. The fraction of sp³-hybridized carbons (Fsp3) is 0.633. The third-order valence-electron chi connectivity index (χ3n) is 9.94. The van der Waals surface area contributed by atoms with E-state index in [2.05, 4.69) is 4.90 Å². The Kier molecular flexibility index (Phi) is 7.67. The highest BCUT2D eigenvalue weighted by Gasteiger charge is 2.69. The van der Waals surface area contributed by atoms with E-state index < -0.39 is 75.9 Å². The third-order valence-corrected chi connectivity index (χ3v) is 9.94. The molecule has 4 N–H and O–H groups in total. The summed E-state index contributed by atoms with van der Waals surface area (Å²) < 4.78 is 16.1.